The average molecular weight is 691 g/mol. The zero-order chi connectivity index (χ0) is 33.7. The molecule has 2 aliphatic rings. The first kappa shape index (κ1) is 33.5. The molecule has 252 valence electrons. The third-order valence-corrected chi connectivity index (χ3v) is 10.9. The third-order valence-electron chi connectivity index (χ3n) is 8.14. The lowest BCUT2D eigenvalue weighted by molar-refractivity contribution is -0.142. The van der Waals surface area contributed by atoms with Crippen LogP contribution in [0.25, 0.3) is 10.8 Å². The van der Waals surface area contributed by atoms with Gasteiger partial charge in [-0.05, 0) is 111 Å². The van der Waals surface area contributed by atoms with Crippen LogP contribution in [-0.2, 0) is 41.9 Å². The Bertz CT molecular complexity index is 1930. The number of hydrogen-bond acceptors (Lipinski definition) is 10. The smallest absolute Gasteiger partial charge is 0.326 e. The lowest BCUT2D eigenvalue weighted by Gasteiger charge is -2.29. The quantitative estimate of drug-likeness (QED) is 0.124. The molecule has 0 saturated carbocycles. The number of hydrogen-bond donors (Lipinski definition) is 0. The molecule has 0 spiro atoms. The number of ether oxygens (including phenoxy) is 4. The number of rotatable bonds is 12. The first-order chi connectivity index (χ1) is 23.3. The fourth-order valence-electron chi connectivity index (χ4n) is 5.96. The topological polar surface area (TPSA) is 112 Å². The zero-order valence-electron chi connectivity index (χ0n) is 27.0. The van der Waals surface area contributed by atoms with Crippen LogP contribution in [0.3, 0.4) is 0 Å². The van der Waals surface area contributed by atoms with E-state index in [4.69, 9.17) is 18.9 Å². The Kier molecular flexibility index (Phi) is 10.3. The van der Waals surface area contributed by atoms with Gasteiger partial charge in [-0.15, -0.1) is 0 Å². The Hall–Kier alpha value is -4.42. The van der Waals surface area contributed by atoms with E-state index in [2.05, 4.69) is 6.07 Å². The van der Waals surface area contributed by atoms with Gasteiger partial charge in [0.25, 0.3) is 10.0 Å². The van der Waals surface area contributed by atoms with E-state index in [1.54, 1.807) is 38.1 Å². The van der Waals surface area contributed by atoms with Crippen molar-refractivity contribution in [2.45, 2.75) is 49.3 Å². The fraction of sp³-hybridized carbons (Fsp3) is 0.333. The molecule has 12 heteroatoms. The molecule has 0 amide bonds. The molecule has 0 fully saturated rings. The molecule has 2 aliphatic heterocycles. The number of sulfonamides is 1. The summed E-state index contributed by atoms with van der Waals surface area (Å²) in [5.74, 6) is 0.457. The molecule has 0 atom stereocenters. The van der Waals surface area contributed by atoms with Crippen LogP contribution in [0.4, 0.5) is 11.4 Å². The maximum Gasteiger partial charge on any atom is 0.326 e. The van der Waals surface area contributed by atoms with Crippen molar-refractivity contribution in [2.75, 3.05) is 48.1 Å². The van der Waals surface area contributed by atoms with Crippen molar-refractivity contribution >= 4 is 56.1 Å². The van der Waals surface area contributed by atoms with E-state index in [9.17, 15) is 18.0 Å². The van der Waals surface area contributed by atoms with Crippen LogP contribution in [-0.4, -0.2) is 59.9 Å². The van der Waals surface area contributed by atoms with Gasteiger partial charge < -0.3 is 23.3 Å². The molecular weight excluding hydrogens is 653 g/mol. The molecule has 0 saturated heterocycles. The summed E-state index contributed by atoms with van der Waals surface area (Å²) < 4.78 is 53.8. The number of nitrogens with zero attached hydrogens (tertiary/aromatic N) is 2. The molecule has 0 unspecified atom stereocenters. The first-order valence-corrected chi connectivity index (χ1v) is 18.3. The summed E-state index contributed by atoms with van der Waals surface area (Å²) in [6, 6.07) is 21.6. The summed E-state index contributed by atoms with van der Waals surface area (Å²) >= 11 is 1.39. The van der Waals surface area contributed by atoms with Gasteiger partial charge in [-0.2, -0.15) is 0 Å². The van der Waals surface area contributed by atoms with Crippen molar-refractivity contribution in [3.05, 3.63) is 83.9 Å². The number of anilines is 2. The van der Waals surface area contributed by atoms with Crippen molar-refractivity contribution in [3.63, 3.8) is 0 Å². The summed E-state index contributed by atoms with van der Waals surface area (Å²) in [6.07, 6.45) is 3.32. The molecular formula is C36H38N2O8S2. The largest absolute Gasteiger partial charge is 0.493 e. The number of esters is 2. The summed E-state index contributed by atoms with van der Waals surface area (Å²) in [7, 11) is -4.24. The van der Waals surface area contributed by atoms with Crippen molar-refractivity contribution < 1.29 is 37.0 Å². The zero-order valence-corrected chi connectivity index (χ0v) is 28.6. The number of carbonyl (C=O) groups excluding carboxylic acids is 2. The van der Waals surface area contributed by atoms with Gasteiger partial charge in [-0.25, -0.2) is 8.42 Å². The van der Waals surface area contributed by atoms with E-state index < -0.39 is 28.5 Å². The van der Waals surface area contributed by atoms with Crippen molar-refractivity contribution in [3.8, 4) is 11.5 Å². The van der Waals surface area contributed by atoms with Gasteiger partial charge in [0.05, 0.1) is 42.7 Å². The average Bonchev–Trinajstić information content (AvgIpc) is 3.10. The highest BCUT2D eigenvalue weighted by Crippen LogP contribution is 2.41. The summed E-state index contributed by atoms with van der Waals surface area (Å²) in [4.78, 5) is 26.8. The molecule has 48 heavy (non-hydrogen) atoms. The minimum absolute atomic E-state index is 0.0556. The SMILES string of the molecule is CCOC(=O)CN(Sc1ccc2c(c1)CCCO2)c1ccc(N(CC(=O)OCC)S(=O)(=O)c2ccc3c(c2)CCCO3)c2ccccc12. The normalized spacial score (nSPS) is 13.8. The predicted molar refractivity (Wildman–Crippen MR) is 185 cm³/mol. The van der Waals surface area contributed by atoms with Gasteiger partial charge in [-0.3, -0.25) is 13.9 Å². The molecule has 2 heterocycles. The minimum Gasteiger partial charge on any atom is -0.493 e. The van der Waals surface area contributed by atoms with Crippen LogP contribution in [0.2, 0.25) is 0 Å². The molecule has 0 bridgehead atoms. The number of carbonyl (C=O) groups is 2. The maximum atomic E-state index is 14.4. The third kappa shape index (κ3) is 7.19. The highest BCUT2D eigenvalue weighted by molar-refractivity contribution is 8.00. The molecule has 10 nitrogen and oxygen atoms in total. The molecule has 4 aromatic carbocycles. The monoisotopic (exact) mass is 690 g/mol. The van der Waals surface area contributed by atoms with Crippen LogP contribution < -0.4 is 18.1 Å². The highest BCUT2D eigenvalue weighted by atomic mass is 32.2. The molecule has 4 aromatic rings. The predicted octanol–water partition coefficient (Wildman–Crippen LogP) is 6.33. The van der Waals surface area contributed by atoms with Crippen molar-refractivity contribution in [2.24, 2.45) is 0 Å². The van der Waals surface area contributed by atoms with Gasteiger partial charge in [0.2, 0.25) is 0 Å². The fourth-order valence-corrected chi connectivity index (χ4v) is 8.45. The van der Waals surface area contributed by atoms with Crippen LogP contribution >= 0.6 is 11.9 Å². The van der Waals surface area contributed by atoms with E-state index >= 15 is 0 Å². The summed E-state index contributed by atoms with van der Waals surface area (Å²) in [6.45, 7) is 4.48. The van der Waals surface area contributed by atoms with E-state index in [1.165, 1.54) is 18.0 Å². The minimum atomic E-state index is -4.24. The molecule has 0 aliphatic carbocycles. The van der Waals surface area contributed by atoms with E-state index in [1.807, 2.05) is 40.7 Å². The molecule has 0 aromatic heterocycles. The van der Waals surface area contributed by atoms with Gasteiger partial charge in [0, 0.05) is 15.7 Å². The molecule has 0 radical (unpaired) electrons. The number of aryl methyl sites for hydroxylation is 2. The Morgan fingerprint density at radius 3 is 2.00 bits per heavy atom. The van der Waals surface area contributed by atoms with E-state index in [-0.39, 0.29) is 24.7 Å². The van der Waals surface area contributed by atoms with Crippen LogP contribution in [0, 0.1) is 0 Å². The Labute approximate surface area is 285 Å². The Morgan fingerprint density at radius 1 is 0.750 bits per heavy atom. The van der Waals surface area contributed by atoms with E-state index in [0.29, 0.717) is 47.5 Å². The summed E-state index contributed by atoms with van der Waals surface area (Å²) in [5.41, 5.74) is 2.90. The van der Waals surface area contributed by atoms with Gasteiger partial charge in [0.15, 0.2) is 0 Å². The highest BCUT2D eigenvalue weighted by Gasteiger charge is 2.31. The van der Waals surface area contributed by atoms with Crippen LogP contribution in [0.1, 0.15) is 37.8 Å². The second-order valence-corrected chi connectivity index (χ2v) is 14.3. The lowest BCUT2D eigenvalue weighted by atomic mass is 10.1. The van der Waals surface area contributed by atoms with Crippen LogP contribution in [0.15, 0.2) is 82.6 Å². The Balaban J connectivity index is 1.44. The van der Waals surface area contributed by atoms with Gasteiger partial charge in [0.1, 0.15) is 24.6 Å². The van der Waals surface area contributed by atoms with Crippen molar-refractivity contribution in [1.29, 1.82) is 0 Å². The molecule has 0 N–H and O–H groups in total. The van der Waals surface area contributed by atoms with Gasteiger partial charge in [-0.1, -0.05) is 24.3 Å². The molecule has 6 rings (SSSR count). The van der Waals surface area contributed by atoms with Crippen molar-refractivity contribution in [1.82, 2.24) is 0 Å². The number of benzene rings is 4. The second kappa shape index (κ2) is 14.8. The number of fused-ring (bicyclic) bond motifs is 3. The Morgan fingerprint density at radius 2 is 1.33 bits per heavy atom. The first-order valence-electron chi connectivity index (χ1n) is 16.1. The summed E-state index contributed by atoms with van der Waals surface area (Å²) in [5, 5.41) is 1.27. The van der Waals surface area contributed by atoms with Gasteiger partial charge >= 0.3 is 11.9 Å². The van der Waals surface area contributed by atoms with Crippen LogP contribution in [0.5, 0.6) is 11.5 Å². The second-order valence-electron chi connectivity index (χ2n) is 11.3. The maximum absolute atomic E-state index is 14.4. The van der Waals surface area contributed by atoms with E-state index in [0.717, 1.165) is 45.3 Å². The standard InChI is InChI=1S/C36H38N2O8S2/c1-3-43-35(39)23-37(47-27-13-17-33-25(21-27)9-7-19-45-33)31-15-16-32(30-12-6-5-11-29(30)31)38(24-36(40)44-4-2)48(41,42)28-14-18-34-26(22-28)10-8-20-46-34/h5-6,11-18,21-22H,3-4,7-10,19-20,23-24H2,1-2H3. The lowest BCUT2D eigenvalue weighted by Crippen LogP contribution is -2.37.